The van der Waals surface area contributed by atoms with Gasteiger partial charge in [0.05, 0.1) is 33.5 Å². The molecule has 2 unspecified atom stereocenters. The number of hydrogen-bond acceptors (Lipinski definition) is 7. The van der Waals surface area contributed by atoms with Crippen molar-refractivity contribution < 1.29 is 42.1 Å². The molecule has 0 rings (SSSR count). The van der Waals surface area contributed by atoms with Crippen LogP contribution in [-0.4, -0.2) is 61.7 Å². The smallest absolute Gasteiger partial charge is 0.105 e. The summed E-state index contributed by atoms with van der Waals surface area (Å²) < 4.78 is 66.7. The van der Waals surface area contributed by atoms with Crippen molar-refractivity contribution in [1.82, 2.24) is 0 Å². The highest BCUT2D eigenvalue weighted by Crippen LogP contribution is 2.07. The van der Waals surface area contributed by atoms with E-state index in [4.69, 9.17) is 4.74 Å². The minimum absolute atomic E-state index is 0. The molecule has 0 radical (unpaired) electrons. The van der Waals surface area contributed by atoms with Gasteiger partial charge in [-0.1, -0.05) is 35.1 Å². The van der Waals surface area contributed by atoms with E-state index in [1.165, 1.54) is 0 Å². The van der Waals surface area contributed by atoms with Crippen LogP contribution in [0.25, 0.3) is 0 Å². The average molecular weight is 453 g/mol. The second-order valence-electron chi connectivity index (χ2n) is 6.61. The molecule has 0 spiro atoms. The molecule has 0 bridgehead atoms. The minimum Gasteiger partial charge on any atom is -0.748 e. The van der Waals surface area contributed by atoms with E-state index in [1.54, 1.807) is 27.7 Å². The molecular formula is C17H44N2O7S2. The first-order chi connectivity index (χ1) is 12.2. The molecular weight excluding hydrogens is 408 g/mol. The van der Waals surface area contributed by atoms with Crippen molar-refractivity contribution in [2.75, 3.05) is 13.2 Å². The van der Waals surface area contributed by atoms with Gasteiger partial charge in [0.25, 0.3) is 0 Å². The van der Waals surface area contributed by atoms with Gasteiger partial charge in [0.1, 0.15) is 12.1 Å². The molecule has 0 aromatic heterocycles. The van der Waals surface area contributed by atoms with Gasteiger partial charge in [-0.05, 0) is 39.5 Å². The van der Waals surface area contributed by atoms with Gasteiger partial charge >= 0.3 is 0 Å². The SMILES string of the molecule is C.CC([NH3+])COCC(C)[NH3+].CCC(CC)S(=O)(=O)[O-].CCC(CC)S(=O)(=O)[O-]. The van der Waals surface area contributed by atoms with Crippen LogP contribution in [0, 0.1) is 0 Å². The van der Waals surface area contributed by atoms with E-state index in [0.29, 0.717) is 37.8 Å². The third kappa shape index (κ3) is 23.7. The van der Waals surface area contributed by atoms with Crippen molar-refractivity contribution in [3.63, 3.8) is 0 Å². The number of ether oxygens (including phenoxy) is 1. The predicted molar refractivity (Wildman–Crippen MR) is 110 cm³/mol. The van der Waals surface area contributed by atoms with Crippen molar-refractivity contribution in [2.45, 2.75) is 97.2 Å². The Hall–Kier alpha value is -0.300. The van der Waals surface area contributed by atoms with Gasteiger partial charge < -0.3 is 25.3 Å². The Labute approximate surface area is 173 Å². The van der Waals surface area contributed by atoms with E-state index < -0.39 is 30.7 Å². The standard InChI is InChI=1S/C6H16N2O.2C5H12O3S.CH4/c1-5(7)3-9-4-6(2)8;2*1-3-5(4-2)9(6,7)8;/h5-6H,3-4,7-8H2,1-2H3;2*5H,3-4H2,1-2H3,(H,6,7,8);1H4. The summed E-state index contributed by atoms with van der Waals surface area (Å²) >= 11 is 0. The van der Waals surface area contributed by atoms with Gasteiger partial charge in [-0.25, -0.2) is 16.8 Å². The van der Waals surface area contributed by atoms with Crippen LogP contribution in [0.3, 0.4) is 0 Å². The molecule has 0 saturated carbocycles. The molecule has 28 heavy (non-hydrogen) atoms. The van der Waals surface area contributed by atoms with Gasteiger partial charge in [-0.3, -0.25) is 0 Å². The average Bonchev–Trinajstić information content (AvgIpc) is 2.47. The molecule has 0 amide bonds. The lowest BCUT2D eigenvalue weighted by atomic mass is 10.3. The van der Waals surface area contributed by atoms with Crippen molar-refractivity contribution >= 4 is 20.2 Å². The Morgan fingerprint density at radius 2 is 0.929 bits per heavy atom. The van der Waals surface area contributed by atoms with Gasteiger partial charge in [0, 0.05) is 10.5 Å². The molecule has 0 aromatic carbocycles. The van der Waals surface area contributed by atoms with Crippen LogP contribution in [0.1, 0.15) is 74.7 Å². The maximum absolute atomic E-state index is 10.2. The van der Waals surface area contributed by atoms with E-state index in [0.717, 1.165) is 13.2 Å². The van der Waals surface area contributed by atoms with Crippen LogP contribution in [0.2, 0.25) is 0 Å². The molecule has 6 N–H and O–H groups in total. The largest absolute Gasteiger partial charge is 0.748 e. The van der Waals surface area contributed by atoms with E-state index in [1.807, 2.05) is 13.8 Å². The van der Waals surface area contributed by atoms with Crippen molar-refractivity contribution in [3.05, 3.63) is 0 Å². The van der Waals surface area contributed by atoms with Gasteiger partial charge in [0.15, 0.2) is 0 Å². The summed E-state index contributed by atoms with van der Waals surface area (Å²) in [5, 5.41) is -1.37. The van der Waals surface area contributed by atoms with Crippen LogP contribution < -0.4 is 11.5 Å². The molecule has 0 aliphatic heterocycles. The van der Waals surface area contributed by atoms with Crippen LogP contribution in [0.5, 0.6) is 0 Å². The fourth-order valence-corrected chi connectivity index (χ4v) is 3.50. The first kappa shape index (κ1) is 35.2. The minimum atomic E-state index is -4.02. The Kier molecular flexibility index (Phi) is 23.5. The normalized spacial score (nSPS) is 13.6. The summed E-state index contributed by atoms with van der Waals surface area (Å²) in [4.78, 5) is 0. The van der Waals surface area contributed by atoms with Crippen molar-refractivity contribution in [2.24, 2.45) is 0 Å². The highest BCUT2D eigenvalue weighted by atomic mass is 32.2. The van der Waals surface area contributed by atoms with Gasteiger partial charge in [-0.15, -0.1) is 0 Å². The molecule has 0 aliphatic carbocycles. The third-order valence-corrected chi connectivity index (χ3v) is 6.41. The summed E-state index contributed by atoms with van der Waals surface area (Å²) in [7, 11) is -8.03. The zero-order valence-electron chi connectivity index (χ0n) is 17.6. The molecule has 0 aliphatic rings. The van der Waals surface area contributed by atoms with Crippen LogP contribution in [-0.2, 0) is 25.0 Å². The molecule has 0 aromatic rings. The zero-order chi connectivity index (χ0) is 22.3. The lowest BCUT2D eigenvalue weighted by Gasteiger charge is -2.15. The topological polar surface area (TPSA) is 179 Å². The van der Waals surface area contributed by atoms with Crippen LogP contribution in [0.4, 0.5) is 0 Å². The molecule has 2 atom stereocenters. The molecule has 0 heterocycles. The van der Waals surface area contributed by atoms with Crippen LogP contribution >= 0.6 is 0 Å². The van der Waals surface area contributed by atoms with Crippen molar-refractivity contribution in [3.8, 4) is 0 Å². The Morgan fingerprint density at radius 1 is 0.714 bits per heavy atom. The highest BCUT2D eigenvalue weighted by molar-refractivity contribution is 7.86. The summed E-state index contributed by atoms with van der Waals surface area (Å²) in [6.45, 7) is 12.4. The van der Waals surface area contributed by atoms with Crippen molar-refractivity contribution in [1.29, 1.82) is 0 Å². The number of quaternary nitrogens is 2. The molecule has 0 fully saturated rings. The lowest BCUT2D eigenvalue weighted by molar-refractivity contribution is -0.435. The second kappa shape index (κ2) is 18.7. The van der Waals surface area contributed by atoms with Gasteiger partial charge in [-0.2, -0.15) is 0 Å². The highest BCUT2D eigenvalue weighted by Gasteiger charge is 2.10. The first-order valence-corrected chi connectivity index (χ1v) is 12.2. The van der Waals surface area contributed by atoms with E-state index in [-0.39, 0.29) is 7.43 Å². The van der Waals surface area contributed by atoms with E-state index in [9.17, 15) is 25.9 Å². The number of hydrogen-bond donors (Lipinski definition) is 2. The fraction of sp³-hybridized carbons (Fsp3) is 1.00. The lowest BCUT2D eigenvalue weighted by Crippen LogP contribution is -2.63. The maximum atomic E-state index is 10.2. The Balaban J connectivity index is -0.000000152. The summed E-state index contributed by atoms with van der Waals surface area (Å²) in [6, 6.07) is 0.785. The molecule has 0 saturated heterocycles. The maximum Gasteiger partial charge on any atom is 0.105 e. The Morgan fingerprint density at radius 3 is 1.00 bits per heavy atom. The molecule has 11 heteroatoms. The van der Waals surface area contributed by atoms with Crippen LogP contribution in [0.15, 0.2) is 0 Å². The first-order valence-electron chi connectivity index (χ1n) is 9.30. The van der Waals surface area contributed by atoms with Gasteiger partial charge in [0.2, 0.25) is 0 Å². The monoisotopic (exact) mass is 452 g/mol. The second-order valence-corrected chi connectivity index (χ2v) is 9.91. The summed E-state index contributed by atoms with van der Waals surface area (Å²) in [5.74, 6) is 0. The fourth-order valence-electron chi connectivity index (χ4n) is 1.86. The Bertz CT molecular complexity index is 480. The summed E-state index contributed by atoms with van der Waals surface area (Å²) in [6.07, 6.45) is 1.68. The predicted octanol–water partition coefficient (Wildman–Crippen LogP) is 0.340. The quantitative estimate of drug-likeness (QED) is 0.448. The third-order valence-electron chi connectivity index (χ3n) is 3.44. The summed E-state index contributed by atoms with van der Waals surface area (Å²) in [5.41, 5.74) is 7.58. The number of rotatable bonds is 10. The zero-order valence-corrected chi connectivity index (χ0v) is 19.3. The molecule has 176 valence electrons. The van der Waals surface area contributed by atoms with E-state index >= 15 is 0 Å². The van der Waals surface area contributed by atoms with E-state index in [2.05, 4.69) is 11.5 Å². The molecule has 9 nitrogen and oxygen atoms in total.